The quantitative estimate of drug-likeness (QED) is 0.187. The Labute approximate surface area is 525 Å². The second-order valence-electron chi connectivity index (χ2n) is 28.2. The number of nitrogens with zero attached hydrogens (tertiary/aromatic N) is 6. The Bertz CT molecular complexity index is 3210. The van der Waals surface area contributed by atoms with E-state index in [1.807, 2.05) is 75.0 Å². The van der Waals surface area contributed by atoms with Gasteiger partial charge in [-0.2, -0.15) is 0 Å². The zero-order valence-electron chi connectivity index (χ0n) is 53.7. The maximum Gasteiger partial charge on any atom is 0.410 e. The summed E-state index contributed by atoms with van der Waals surface area (Å²) in [4.78, 5) is 76.9. The van der Waals surface area contributed by atoms with Crippen LogP contribution in [0.15, 0.2) is 66.7 Å². The van der Waals surface area contributed by atoms with Gasteiger partial charge >= 0.3 is 12.1 Å². The number of benzene rings is 4. The van der Waals surface area contributed by atoms with E-state index in [1.54, 1.807) is 4.90 Å². The van der Waals surface area contributed by atoms with Crippen LogP contribution >= 0.6 is 24.8 Å². The Balaban J connectivity index is 0.000000219. The predicted octanol–water partition coefficient (Wildman–Crippen LogP) is 13.4. The van der Waals surface area contributed by atoms with Crippen LogP contribution in [0.1, 0.15) is 166 Å². The summed E-state index contributed by atoms with van der Waals surface area (Å²) in [6, 6.07) is 17.8. The van der Waals surface area contributed by atoms with Gasteiger partial charge in [0.05, 0.1) is 22.7 Å². The molecule has 4 atom stereocenters. The van der Waals surface area contributed by atoms with Crippen LogP contribution in [0, 0.1) is 55.9 Å². The lowest BCUT2D eigenvalue weighted by Gasteiger charge is -2.40. The first-order valence-corrected chi connectivity index (χ1v) is 30.3. The van der Waals surface area contributed by atoms with Crippen molar-refractivity contribution in [3.63, 3.8) is 0 Å². The highest BCUT2D eigenvalue weighted by Gasteiger charge is 2.56. The van der Waals surface area contributed by atoms with Gasteiger partial charge in [-0.05, 0) is 200 Å². The summed E-state index contributed by atoms with van der Waals surface area (Å²) in [5, 5.41) is 9.35. The Morgan fingerprint density at radius 1 is 0.552 bits per heavy atom. The first kappa shape index (κ1) is 70.3. The number of carbonyl (C=O) groups excluding carboxylic acids is 4. The minimum Gasteiger partial charge on any atom is -0.481 e. The van der Waals surface area contributed by atoms with E-state index in [4.69, 9.17) is 4.74 Å². The largest absolute Gasteiger partial charge is 0.481 e. The second-order valence-corrected chi connectivity index (χ2v) is 28.2. The lowest BCUT2D eigenvalue weighted by Crippen LogP contribution is -2.52. The molecule has 4 aromatic carbocycles. The molecular weight excluding hydrogens is 1160 g/mol. The topological polar surface area (TPSA) is 134 Å². The van der Waals surface area contributed by atoms with Gasteiger partial charge in [0, 0.05) is 111 Å². The maximum absolute atomic E-state index is 14.9. The smallest absolute Gasteiger partial charge is 0.410 e. The van der Waals surface area contributed by atoms with E-state index in [-0.39, 0.29) is 83.3 Å². The Kier molecular flexibility index (Phi) is 21.3. The van der Waals surface area contributed by atoms with Gasteiger partial charge in [0.1, 0.15) is 28.9 Å². The van der Waals surface area contributed by atoms with Gasteiger partial charge in [0.25, 0.3) is 0 Å². The van der Waals surface area contributed by atoms with Crippen molar-refractivity contribution in [2.45, 2.75) is 188 Å². The van der Waals surface area contributed by atoms with E-state index < -0.39 is 63.4 Å². The van der Waals surface area contributed by atoms with Crippen molar-refractivity contribution in [2.24, 2.45) is 11.8 Å². The first-order chi connectivity index (χ1) is 39.5. The molecule has 6 aliphatic heterocycles. The normalized spacial score (nSPS) is 21.7. The summed E-state index contributed by atoms with van der Waals surface area (Å²) < 4.78 is 61.0. The highest BCUT2D eigenvalue weighted by Crippen LogP contribution is 2.52. The molecule has 4 amide bonds. The van der Waals surface area contributed by atoms with Crippen LogP contribution in [-0.4, -0.2) is 136 Å². The van der Waals surface area contributed by atoms with E-state index in [1.165, 1.54) is 35.4 Å². The maximum atomic E-state index is 14.9. The summed E-state index contributed by atoms with van der Waals surface area (Å²) in [6.45, 7) is 36.2. The number of carbonyl (C=O) groups is 5. The van der Waals surface area contributed by atoms with Crippen molar-refractivity contribution in [2.75, 3.05) is 62.2 Å². The molecule has 4 aromatic rings. The van der Waals surface area contributed by atoms with Crippen LogP contribution in [0.25, 0.3) is 0 Å². The summed E-state index contributed by atoms with van der Waals surface area (Å²) >= 11 is 0. The zero-order valence-corrected chi connectivity index (χ0v) is 55.3. The van der Waals surface area contributed by atoms with E-state index >= 15 is 0 Å². The summed E-state index contributed by atoms with van der Waals surface area (Å²) in [5.41, 5.74) is 6.41. The summed E-state index contributed by atoms with van der Waals surface area (Å²) in [7, 11) is 0. The van der Waals surface area contributed by atoms with Crippen molar-refractivity contribution in [1.82, 2.24) is 19.6 Å². The lowest BCUT2D eigenvalue weighted by molar-refractivity contribution is -0.142. The average molecular weight is 1250 g/mol. The number of rotatable bonds is 6. The number of halogens is 6. The number of hydrogen-bond donors (Lipinski definition) is 1. The van der Waals surface area contributed by atoms with Crippen molar-refractivity contribution in [3.8, 4) is 0 Å². The molecule has 6 heterocycles. The Morgan fingerprint density at radius 3 is 1.39 bits per heavy atom. The molecule has 13 nitrogen and oxygen atoms in total. The average Bonchev–Trinajstić information content (AvgIpc) is 1.60. The lowest BCUT2D eigenvalue weighted by atomic mass is 9.72. The number of aliphatic carboxylic acids is 1. The van der Waals surface area contributed by atoms with Gasteiger partial charge < -0.3 is 29.4 Å². The molecule has 0 aliphatic carbocycles. The number of carboxylic acids is 1. The molecule has 4 fully saturated rings. The second kappa shape index (κ2) is 26.4. The van der Waals surface area contributed by atoms with Crippen molar-refractivity contribution < 1.29 is 51.4 Å². The monoisotopic (exact) mass is 1250 g/mol. The molecule has 0 saturated carbocycles. The van der Waals surface area contributed by atoms with E-state index in [9.17, 15) is 46.6 Å². The molecule has 2 spiro atoms. The third-order valence-corrected chi connectivity index (χ3v) is 18.7. The molecule has 0 bridgehead atoms. The standard InChI is InChI=1S/C32H41F2N3O2.C21H30N2O3.C15H19F2NO2.2ClH/c1-19(2)37-28-15-21(4)20(3)14-26(28)32(30(37)39)10-12-35(13-11-32)29(38)25-18-36(31(5,6)7)17-24(25)23-9-8-22(33)16-27(23)34;1-14(2)23-17-13-15(3)7-8-16(17)21(18(23)24)9-11-22(12-10-21)19(25)26-20(4,5)6;1-15(2,3)18-7-11(12(8-18)14(19)20)10-5-4-9(16)6-13(10)17;;/h8-9,14-16,19,24-25H,10-13,17-18H2,1-7H3;7-8,13-14H,9-12H2,1-6H3;4-6,11-12H,7-8H2,1-3H3,(H,19,20);2*1H/t24-,25+;;11-,12+;;/m0.0../s1. The highest BCUT2D eigenvalue weighted by atomic mass is 35.5. The Hall–Kier alpha value is -5.75. The van der Waals surface area contributed by atoms with Crippen LogP contribution < -0.4 is 9.80 Å². The highest BCUT2D eigenvalue weighted by molar-refractivity contribution is 6.10. The zero-order chi connectivity index (χ0) is 62.8. The molecule has 10 rings (SSSR count). The summed E-state index contributed by atoms with van der Waals surface area (Å²) in [5.74, 6) is -5.07. The van der Waals surface area contributed by atoms with Gasteiger partial charge in [-0.15, -0.1) is 24.8 Å². The Morgan fingerprint density at radius 2 is 0.966 bits per heavy atom. The number of piperidine rings is 2. The number of fused-ring (bicyclic) bond motifs is 4. The molecule has 6 aliphatic rings. The minimum absolute atomic E-state index is 0. The minimum atomic E-state index is -0.939. The number of hydrogen-bond acceptors (Lipinski definition) is 8. The van der Waals surface area contributed by atoms with Crippen LogP contribution in [-0.2, 0) is 34.7 Å². The molecule has 0 radical (unpaired) electrons. The fourth-order valence-electron chi connectivity index (χ4n) is 13.7. The first-order valence-electron chi connectivity index (χ1n) is 30.3. The van der Waals surface area contributed by atoms with E-state index in [0.29, 0.717) is 83.6 Å². The molecule has 1 N–H and O–H groups in total. The van der Waals surface area contributed by atoms with Crippen LogP contribution in [0.4, 0.5) is 33.7 Å². The fourth-order valence-corrected chi connectivity index (χ4v) is 13.7. The van der Waals surface area contributed by atoms with Crippen LogP contribution in [0.2, 0.25) is 0 Å². The number of aryl methyl sites for hydroxylation is 3. The van der Waals surface area contributed by atoms with Gasteiger partial charge in [-0.1, -0.05) is 30.3 Å². The van der Waals surface area contributed by atoms with Gasteiger partial charge in [-0.25, -0.2) is 22.4 Å². The number of likely N-dealkylation sites (tertiary alicyclic amines) is 4. The van der Waals surface area contributed by atoms with Crippen molar-refractivity contribution in [1.29, 1.82) is 0 Å². The molecule has 87 heavy (non-hydrogen) atoms. The van der Waals surface area contributed by atoms with Crippen LogP contribution in [0.3, 0.4) is 0 Å². The molecule has 478 valence electrons. The number of amides is 4. The number of ether oxygens (including phenoxy) is 1. The van der Waals surface area contributed by atoms with Crippen LogP contribution in [0.5, 0.6) is 0 Å². The predicted molar refractivity (Wildman–Crippen MR) is 339 cm³/mol. The molecular formula is C68H92Cl2F4N6O7. The molecule has 0 aromatic heterocycles. The van der Waals surface area contributed by atoms with E-state index in [2.05, 4.69) is 90.6 Å². The third-order valence-electron chi connectivity index (χ3n) is 18.7. The third kappa shape index (κ3) is 14.2. The van der Waals surface area contributed by atoms with E-state index in [0.717, 1.165) is 40.2 Å². The SMILES string of the molecule is CC(C)(C)N1C[C@@H](C(=O)O)[C@H](c2ccc(F)cc2F)C1.Cc1cc2c(cc1C)C1(CCN(C(=O)[C@@H]3CN(C(C)(C)C)C[C@H]3c3ccc(F)cc3F)CC1)C(=O)N2C(C)C.Cc1ccc2c(c1)N(C(C)C)C(=O)C21CCN(C(=O)OC(C)(C)C)CC1.Cl.Cl. The van der Waals surface area contributed by atoms with Gasteiger partial charge in [0.15, 0.2) is 0 Å². The summed E-state index contributed by atoms with van der Waals surface area (Å²) in [6.07, 6.45) is 2.14. The number of carboxylic acid groups (broad SMARTS) is 1. The molecule has 19 heteroatoms. The molecule has 4 saturated heterocycles. The van der Waals surface area contributed by atoms with Crippen molar-refractivity contribution in [3.05, 3.63) is 129 Å². The number of anilines is 2. The fraction of sp³-hybridized carbons (Fsp3) is 0.574. The van der Waals surface area contributed by atoms with Gasteiger partial charge in [-0.3, -0.25) is 29.0 Å². The van der Waals surface area contributed by atoms with Crippen molar-refractivity contribution >= 4 is 66.0 Å². The van der Waals surface area contributed by atoms with Gasteiger partial charge in [0.2, 0.25) is 17.7 Å². The molecule has 0 unspecified atom stereocenters.